The van der Waals surface area contributed by atoms with Gasteiger partial charge in [-0.2, -0.15) is 11.8 Å². The third kappa shape index (κ3) is 7.00. The molecule has 2 amide bonds. The van der Waals surface area contributed by atoms with Crippen LogP contribution < -0.4 is 15.4 Å². The number of hydrogen-bond donors (Lipinski definition) is 2. The lowest BCUT2D eigenvalue weighted by Gasteiger charge is -2.38. The lowest BCUT2D eigenvalue weighted by molar-refractivity contribution is -0.123. The molecular formula is C27H36N2O4S. The number of thioether (sulfide) groups is 1. The summed E-state index contributed by atoms with van der Waals surface area (Å²) >= 11 is 1.66. The molecule has 0 radical (unpaired) electrons. The van der Waals surface area contributed by atoms with E-state index in [4.69, 9.17) is 9.47 Å². The van der Waals surface area contributed by atoms with E-state index in [1.54, 1.807) is 17.8 Å². The van der Waals surface area contributed by atoms with Crippen molar-refractivity contribution in [1.82, 2.24) is 10.6 Å². The van der Waals surface area contributed by atoms with Crippen molar-refractivity contribution in [2.75, 3.05) is 38.4 Å². The van der Waals surface area contributed by atoms with Crippen LogP contribution in [0.4, 0.5) is 0 Å². The Kier molecular flexibility index (Phi) is 9.84. The van der Waals surface area contributed by atoms with Gasteiger partial charge in [-0.3, -0.25) is 9.59 Å². The Bertz CT molecular complexity index is 942. The first-order valence-electron chi connectivity index (χ1n) is 11.9. The summed E-state index contributed by atoms with van der Waals surface area (Å²) in [7, 11) is 0. The maximum Gasteiger partial charge on any atom is 0.251 e. The first kappa shape index (κ1) is 26.1. The number of rotatable bonds is 11. The third-order valence-corrected chi connectivity index (χ3v) is 6.99. The van der Waals surface area contributed by atoms with Gasteiger partial charge in [-0.15, -0.1) is 0 Å². The van der Waals surface area contributed by atoms with Gasteiger partial charge >= 0.3 is 0 Å². The van der Waals surface area contributed by atoms with E-state index in [1.165, 1.54) is 5.56 Å². The number of amides is 2. The lowest BCUT2D eigenvalue weighted by atomic mass is 9.74. The lowest BCUT2D eigenvalue weighted by Crippen LogP contribution is -2.51. The van der Waals surface area contributed by atoms with Crippen LogP contribution in [-0.2, 0) is 14.9 Å². The standard InChI is InChI=1S/C27H36N2O4S/c1-4-33-23-10-8-22(9-11-23)27(13-15-32-16-14-27)19-28-26(31)24(12-17-34-3)29-25(30)21-7-5-6-20(2)18-21/h5-11,18,24H,4,12-17,19H2,1-3H3,(H,28,31)(H,29,30). The van der Waals surface area contributed by atoms with E-state index in [9.17, 15) is 9.59 Å². The van der Waals surface area contributed by atoms with Crippen LogP contribution in [0.3, 0.4) is 0 Å². The van der Waals surface area contributed by atoms with Crippen molar-refractivity contribution in [1.29, 1.82) is 0 Å². The van der Waals surface area contributed by atoms with E-state index in [1.807, 2.05) is 50.4 Å². The van der Waals surface area contributed by atoms with Crippen molar-refractivity contribution < 1.29 is 19.1 Å². The average Bonchev–Trinajstić information content (AvgIpc) is 2.86. The largest absolute Gasteiger partial charge is 0.494 e. The van der Waals surface area contributed by atoms with Gasteiger partial charge in [0.25, 0.3) is 5.91 Å². The molecule has 2 aromatic carbocycles. The quantitative estimate of drug-likeness (QED) is 0.502. The Labute approximate surface area is 207 Å². The maximum atomic E-state index is 13.3. The summed E-state index contributed by atoms with van der Waals surface area (Å²) < 4.78 is 11.2. The van der Waals surface area contributed by atoms with Crippen molar-refractivity contribution in [2.45, 2.75) is 44.6 Å². The number of hydrogen-bond acceptors (Lipinski definition) is 5. The van der Waals surface area contributed by atoms with Gasteiger partial charge < -0.3 is 20.1 Å². The molecule has 34 heavy (non-hydrogen) atoms. The summed E-state index contributed by atoms with van der Waals surface area (Å²) in [6.07, 6.45) is 4.22. The van der Waals surface area contributed by atoms with Gasteiger partial charge in [0, 0.05) is 30.7 Å². The highest BCUT2D eigenvalue weighted by Gasteiger charge is 2.35. The van der Waals surface area contributed by atoms with Crippen LogP contribution in [0.1, 0.15) is 47.7 Å². The fraction of sp³-hybridized carbons (Fsp3) is 0.481. The monoisotopic (exact) mass is 484 g/mol. The van der Waals surface area contributed by atoms with Crippen LogP contribution in [0.5, 0.6) is 5.75 Å². The topological polar surface area (TPSA) is 76.7 Å². The number of carbonyl (C=O) groups is 2. The summed E-state index contributed by atoms with van der Waals surface area (Å²) in [4.78, 5) is 26.1. The third-order valence-electron chi connectivity index (χ3n) is 6.34. The summed E-state index contributed by atoms with van der Waals surface area (Å²) in [6.45, 7) is 6.35. The Hall–Kier alpha value is -2.51. The van der Waals surface area contributed by atoms with Crippen LogP contribution in [0.2, 0.25) is 0 Å². The smallest absolute Gasteiger partial charge is 0.251 e. The number of benzene rings is 2. The molecule has 3 rings (SSSR count). The van der Waals surface area contributed by atoms with E-state index in [0.717, 1.165) is 29.9 Å². The van der Waals surface area contributed by atoms with Crippen LogP contribution in [0.25, 0.3) is 0 Å². The molecular weight excluding hydrogens is 448 g/mol. The van der Waals surface area contributed by atoms with E-state index >= 15 is 0 Å². The summed E-state index contributed by atoms with van der Waals surface area (Å²) in [5, 5.41) is 6.11. The predicted octanol–water partition coefficient (Wildman–Crippen LogP) is 4.11. The molecule has 1 saturated heterocycles. The first-order valence-corrected chi connectivity index (χ1v) is 13.3. The summed E-state index contributed by atoms with van der Waals surface area (Å²) in [5.74, 6) is 1.25. The fourth-order valence-corrected chi connectivity index (χ4v) is 4.78. The Morgan fingerprint density at radius 3 is 2.53 bits per heavy atom. The molecule has 0 bridgehead atoms. The molecule has 1 atom stereocenters. The molecule has 6 nitrogen and oxygen atoms in total. The molecule has 0 spiro atoms. The van der Waals surface area contributed by atoms with Gasteiger partial charge in [0.15, 0.2) is 0 Å². The first-order chi connectivity index (χ1) is 16.5. The molecule has 7 heteroatoms. The van der Waals surface area contributed by atoms with Crippen molar-refractivity contribution in [3.8, 4) is 5.75 Å². The Balaban J connectivity index is 1.71. The van der Waals surface area contributed by atoms with Gasteiger partial charge in [-0.05, 0) is 74.9 Å². The molecule has 2 N–H and O–H groups in total. The van der Waals surface area contributed by atoms with Gasteiger partial charge in [-0.25, -0.2) is 0 Å². The Morgan fingerprint density at radius 1 is 1.15 bits per heavy atom. The molecule has 1 aliphatic heterocycles. The van der Waals surface area contributed by atoms with Gasteiger partial charge in [-0.1, -0.05) is 29.8 Å². The second-order valence-corrected chi connectivity index (χ2v) is 9.73. The number of ether oxygens (including phenoxy) is 2. The molecule has 2 aromatic rings. The number of nitrogens with one attached hydrogen (secondary N) is 2. The zero-order valence-corrected chi connectivity index (χ0v) is 21.2. The van der Waals surface area contributed by atoms with Crippen molar-refractivity contribution in [3.63, 3.8) is 0 Å². The van der Waals surface area contributed by atoms with Gasteiger partial charge in [0.1, 0.15) is 11.8 Å². The summed E-state index contributed by atoms with van der Waals surface area (Å²) in [5.41, 5.74) is 2.54. The van der Waals surface area contributed by atoms with Crippen LogP contribution in [0.15, 0.2) is 48.5 Å². The van der Waals surface area contributed by atoms with Crippen LogP contribution in [0, 0.1) is 6.92 Å². The zero-order valence-electron chi connectivity index (χ0n) is 20.4. The SMILES string of the molecule is CCOc1ccc(C2(CNC(=O)C(CCSC)NC(=O)c3cccc(C)c3)CCOCC2)cc1. The molecule has 0 aromatic heterocycles. The van der Waals surface area contributed by atoms with Crippen molar-refractivity contribution in [3.05, 3.63) is 65.2 Å². The van der Waals surface area contributed by atoms with E-state index in [2.05, 4.69) is 22.8 Å². The highest BCUT2D eigenvalue weighted by Crippen LogP contribution is 2.35. The van der Waals surface area contributed by atoms with E-state index in [0.29, 0.717) is 38.3 Å². The molecule has 184 valence electrons. The van der Waals surface area contributed by atoms with Gasteiger partial charge in [0.05, 0.1) is 6.61 Å². The zero-order chi connectivity index (χ0) is 24.4. The second-order valence-electron chi connectivity index (χ2n) is 8.74. The van der Waals surface area contributed by atoms with Crippen molar-refractivity contribution >= 4 is 23.6 Å². The normalized spacial score (nSPS) is 15.9. The minimum absolute atomic E-state index is 0.146. The van der Waals surface area contributed by atoms with E-state index < -0.39 is 6.04 Å². The van der Waals surface area contributed by atoms with Crippen molar-refractivity contribution in [2.24, 2.45) is 0 Å². The fourth-order valence-electron chi connectivity index (χ4n) is 4.31. The maximum absolute atomic E-state index is 13.3. The van der Waals surface area contributed by atoms with Crippen LogP contribution in [-0.4, -0.2) is 56.2 Å². The minimum Gasteiger partial charge on any atom is -0.494 e. The van der Waals surface area contributed by atoms with Crippen LogP contribution >= 0.6 is 11.8 Å². The molecule has 1 heterocycles. The molecule has 0 aliphatic carbocycles. The summed E-state index contributed by atoms with van der Waals surface area (Å²) in [6, 6.07) is 15.0. The number of carbonyl (C=O) groups excluding carboxylic acids is 2. The molecule has 0 saturated carbocycles. The highest BCUT2D eigenvalue weighted by molar-refractivity contribution is 7.98. The molecule has 1 aliphatic rings. The predicted molar refractivity (Wildman–Crippen MR) is 138 cm³/mol. The Morgan fingerprint density at radius 2 is 1.88 bits per heavy atom. The second kappa shape index (κ2) is 12.8. The molecule has 1 fully saturated rings. The number of aryl methyl sites for hydroxylation is 1. The van der Waals surface area contributed by atoms with Gasteiger partial charge in [0.2, 0.25) is 5.91 Å². The highest BCUT2D eigenvalue weighted by atomic mass is 32.2. The molecule has 1 unspecified atom stereocenters. The van der Waals surface area contributed by atoms with E-state index in [-0.39, 0.29) is 17.2 Å². The average molecular weight is 485 g/mol. The minimum atomic E-state index is -0.585.